The third-order valence-corrected chi connectivity index (χ3v) is 4.87. The first-order valence-electron chi connectivity index (χ1n) is 8.83. The second kappa shape index (κ2) is 7.20. The van der Waals surface area contributed by atoms with Crippen molar-refractivity contribution in [1.82, 2.24) is 25.5 Å². The van der Waals surface area contributed by atoms with E-state index in [9.17, 15) is 4.79 Å². The van der Waals surface area contributed by atoms with Gasteiger partial charge in [-0.05, 0) is 63.2 Å². The smallest absolute Gasteiger partial charge is 0.273 e. The average Bonchev–Trinajstić information content (AvgIpc) is 3.25. The first-order valence-corrected chi connectivity index (χ1v) is 9.62. The number of amides is 1. The van der Waals surface area contributed by atoms with Crippen LogP contribution in [0.1, 0.15) is 30.0 Å². The quantitative estimate of drug-likeness (QED) is 0.512. The Hall–Kier alpha value is -3.00. The zero-order chi connectivity index (χ0) is 19.8. The lowest BCUT2D eigenvalue weighted by atomic mass is 10.1. The highest BCUT2D eigenvalue weighted by atomic mass is 79.9. The highest BCUT2D eigenvalue weighted by Crippen LogP contribution is 2.31. The second-order valence-electron chi connectivity index (χ2n) is 6.78. The molecule has 1 amide bonds. The first-order chi connectivity index (χ1) is 13.4. The van der Waals surface area contributed by atoms with E-state index in [-0.39, 0.29) is 11.9 Å². The van der Waals surface area contributed by atoms with Gasteiger partial charge in [0, 0.05) is 16.1 Å². The van der Waals surface area contributed by atoms with Crippen molar-refractivity contribution in [1.29, 1.82) is 0 Å². The van der Waals surface area contributed by atoms with Crippen molar-refractivity contribution in [2.45, 2.75) is 26.8 Å². The molecule has 0 saturated heterocycles. The summed E-state index contributed by atoms with van der Waals surface area (Å²) in [6.45, 7) is 5.63. The Morgan fingerprint density at radius 2 is 1.93 bits per heavy atom. The summed E-state index contributed by atoms with van der Waals surface area (Å²) in [7, 11) is 0. The van der Waals surface area contributed by atoms with Crippen molar-refractivity contribution in [2.75, 3.05) is 0 Å². The highest BCUT2D eigenvalue weighted by Gasteiger charge is 2.19. The SMILES string of the molecule is Cc1c(C(=O)NC(C)C)nnn1-c1ccc2noc(-c3ccc(Br)cc3)c2c1. The van der Waals surface area contributed by atoms with E-state index in [0.717, 1.165) is 26.6 Å². The van der Waals surface area contributed by atoms with Crippen LogP contribution in [-0.4, -0.2) is 32.1 Å². The number of aromatic nitrogens is 4. The zero-order valence-corrected chi connectivity index (χ0v) is 17.2. The minimum absolute atomic E-state index is 0.0267. The molecule has 0 radical (unpaired) electrons. The van der Waals surface area contributed by atoms with Crippen molar-refractivity contribution in [3.05, 3.63) is 58.3 Å². The summed E-state index contributed by atoms with van der Waals surface area (Å²) in [5.74, 6) is 0.445. The summed E-state index contributed by atoms with van der Waals surface area (Å²) >= 11 is 3.44. The third-order valence-electron chi connectivity index (χ3n) is 4.34. The van der Waals surface area contributed by atoms with Crippen LogP contribution in [0.5, 0.6) is 0 Å². The molecule has 0 aliphatic carbocycles. The predicted molar refractivity (Wildman–Crippen MR) is 109 cm³/mol. The number of nitrogens with zero attached hydrogens (tertiary/aromatic N) is 4. The Balaban J connectivity index is 1.76. The van der Waals surface area contributed by atoms with Gasteiger partial charge < -0.3 is 9.84 Å². The summed E-state index contributed by atoms with van der Waals surface area (Å²) in [5, 5.41) is 16.1. The Kier molecular flexibility index (Phi) is 4.72. The van der Waals surface area contributed by atoms with E-state index >= 15 is 0 Å². The zero-order valence-electron chi connectivity index (χ0n) is 15.6. The van der Waals surface area contributed by atoms with Crippen LogP contribution in [0, 0.1) is 6.92 Å². The summed E-state index contributed by atoms with van der Waals surface area (Å²) in [4.78, 5) is 12.3. The number of carbonyl (C=O) groups is 1. The molecule has 2 aromatic heterocycles. The molecular weight excluding hydrogens is 422 g/mol. The average molecular weight is 440 g/mol. The maximum atomic E-state index is 12.3. The summed E-state index contributed by atoms with van der Waals surface area (Å²) < 4.78 is 8.21. The minimum Gasteiger partial charge on any atom is -0.355 e. The Morgan fingerprint density at radius 1 is 1.18 bits per heavy atom. The fourth-order valence-corrected chi connectivity index (χ4v) is 3.25. The summed E-state index contributed by atoms with van der Waals surface area (Å²) in [5.41, 5.74) is 3.43. The summed E-state index contributed by atoms with van der Waals surface area (Å²) in [6.07, 6.45) is 0. The van der Waals surface area contributed by atoms with Crippen LogP contribution in [0.15, 0.2) is 51.5 Å². The number of hydrogen-bond acceptors (Lipinski definition) is 5. The van der Waals surface area contributed by atoms with Gasteiger partial charge in [0.05, 0.1) is 16.8 Å². The molecule has 28 heavy (non-hydrogen) atoms. The lowest BCUT2D eigenvalue weighted by Gasteiger charge is -2.07. The van der Waals surface area contributed by atoms with Crippen LogP contribution in [-0.2, 0) is 0 Å². The van der Waals surface area contributed by atoms with E-state index in [1.165, 1.54) is 0 Å². The molecule has 0 aliphatic heterocycles. The van der Waals surface area contributed by atoms with Crippen molar-refractivity contribution in [3.63, 3.8) is 0 Å². The summed E-state index contributed by atoms with van der Waals surface area (Å²) in [6, 6.07) is 13.5. The molecule has 0 unspecified atom stereocenters. The van der Waals surface area contributed by atoms with Gasteiger partial charge in [0.2, 0.25) is 0 Å². The molecule has 4 aromatic rings. The molecular formula is C20H18BrN5O2. The molecule has 0 fully saturated rings. The Labute approximate surface area is 169 Å². The lowest BCUT2D eigenvalue weighted by Crippen LogP contribution is -2.30. The van der Waals surface area contributed by atoms with Crippen LogP contribution in [0.3, 0.4) is 0 Å². The van der Waals surface area contributed by atoms with Gasteiger partial charge >= 0.3 is 0 Å². The van der Waals surface area contributed by atoms with Gasteiger partial charge in [-0.3, -0.25) is 4.79 Å². The fraction of sp³-hybridized carbons (Fsp3) is 0.200. The molecule has 0 aliphatic rings. The molecule has 2 aromatic carbocycles. The van der Waals surface area contributed by atoms with Gasteiger partial charge in [-0.25, -0.2) is 4.68 Å². The van der Waals surface area contributed by atoms with Gasteiger partial charge in [-0.15, -0.1) is 5.10 Å². The molecule has 1 N–H and O–H groups in total. The Bertz CT molecular complexity index is 1160. The maximum Gasteiger partial charge on any atom is 0.273 e. The predicted octanol–water partition coefficient (Wildman–Crippen LogP) is 4.28. The maximum absolute atomic E-state index is 12.3. The standard InChI is InChI=1S/C20H18BrN5O2/c1-11(2)22-20(27)18-12(3)26(25-23-18)15-8-9-17-16(10-15)19(28-24-17)13-4-6-14(21)7-5-13/h4-11H,1-3H3,(H,22,27). The topological polar surface area (TPSA) is 85.8 Å². The first kappa shape index (κ1) is 18.4. The van der Waals surface area contributed by atoms with E-state index in [4.69, 9.17) is 4.52 Å². The van der Waals surface area contributed by atoms with E-state index in [1.54, 1.807) is 4.68 Å². The van der Waals surface area contributed by atoms with Crippen molar-refractivity contribution in [2.24, 2.45) is 0 Å². The molecule has 8 heteroatoms. The van der Waals surface area contributed by atoms with Gasteiger partial charge in [0.1, 0.15) is 5.52 Å². The van der Waals surface area contributed by atoms with E-state index in [0.29, 0.717) is 17.1 Å². The van der Waals surface area contributed by atoms with Gasteiger partial charge in [-0.1, -0.05) is 26.3 Å². The molecule has 2 heterocycles. The van der Waals surface area contributed by atoms with Crippen LogP contribution in [0.2, 0.25) is 0 Å². The molecule has 0 spiro atoms. The van der Waals surface area contributed by atoms with E-state index in [1.807, 2.05) is 63.2 Å². The number of hydrogen-bond donors (Lipinski definition) is 1. The molecule has 4 rings (SSSR count). The monoisotopic (exact) mass is 439 g/mol. The number of nitrogens with one attached hydrogen (secondary N) is 1. The number of carbonyl (C=O) groups excluding carboxylic acids is 1. The van der Waals surface area contributed by atoms with Gasteiger partial charge in [0.25, 0.3) is 5.91 Å². The van der Waals surface area contributed by atoms with Crippen LogP contribution < -0.4 is 5.32 Å². The fourth-order valence-electron chi connectivity index (χ4n) is 2.99. The molecule has 0 bridgehead atoms. The molecule has 7 nitrogen and oxygen atoms in total. The van der Waals surface area contributed by atoms with Crippen LogP contribution in [0.25, 0.3) is 27.9 Å². The number of benzene rings is 2. The minimum atomic E-state index is -0.236. The largest absolute Gasteiger partial charge is 0.355 e. The van der Waals surface area contributed by atoms with Crippen molar-refractivity contribution in [3.8, 4) is 17.0 Å². The van der Waals surface area contributed by atoms with Crippen molar-refractivity contribution >= 4 is 32.7 Å². The van der Waals surface area contributed by atoms with Crippen LogP contribution in [0.4, 0.5) is 0 Å². The third kappa shape index (κ3) is 3.31. The van der Waals surface area contributed by atoms with Gasteiger partial charge in [0.15, 0.2) is 11.5 Å². The number of rotatable bonds is 4. The number of halogens is 1. The molecule has 0 atom stereocenters. The highest BCUT2D eigenvalue weighted by molar-refractivity contribution is 9.10. The van der Waals surface area contributed by atoms with Gasteiger partial charge in [-0.2, -0.15) is 0 Å². The van der Waals surface area contributed by atoms with Crippen LogP contribution >= 0.6 is 15.9 Å². The van der Waals surface area contributed by atoms with Crippen molar-refractivity contribution < 1.29 is 9.32 Å². The number of fused-ring (bicyclic) bond motifs is 1. The molecule has 142 valence electrons. The normalized spacial score (nSPS) is 11.3. The lowest BCUT2D eigenvalue weighted by molar-refractivity contribution is 0.0937. The van der Waals surface area contributed by atoms with E-state index < -0.39 is 0 Å². The van der Waals surface area contributed by atoms with E-state index in [2.05, 4.69) is 36.7 Å². The second-order valence-corrected chi connectivity index (χ2v) is 7.70. The Morgan fingerprint density at radius 3 is 2.64 bits per heavy atom. The molecule has 0 saturated carbocycles.